The monoisotopic (exact) mass is 205 g/mol. The first-order valence-corrected chi connectivity index (χ1v) is 4.70. The number of aliphatic carboxylic acids is 1. The SMILES string of the molecule is Cl.O=C(O)C1CCNC2(CCC2)C1. The third-order valence-corrected chi connectivity index (χ3v) is 3.29. The van der Waals surface area contributed by atoms with Gasteiger partial charge in [-0.2, -0.15) is 0 Å². The Morgan fingerprint density at radius 2 is 2.15 bits per heavy atom. The van der Waals surface area contributed by atoms with E-state index in [4.69, 9.17) is 5.11 Å². The van der Waals surface area contributed by atoms with Gasteiger partial charge in [-0.05, 0) is 38.6 Å². The van der Waals surface area contributed by atoms with Gasteiger partial charge in [-0.1, -0.05) is 0 Å². The van der Waals surface area contributed by atoms with E-state index in [2.05, 4.69) is 5.32 Å². The van der Waals surface area contributed by atoms with Gasteiger partial charge in [0.1, 0.15) is 0 Å². The van der Waals surface area contributed by atoms with E-state index in [-0.39, 0.29) is 23.9 Å². The number of carboxylic acid groups (broad SMARTS) is 1. The third kappa shape index (κ3) is 1.97. The summed E-state index contributed by atoms with van der Waals surface area (Å²) < 4.78 is 0. The smallest absolute Gasteiger partial charge is 0.306 e. The molecule has 1 aliphatic carbocycles. The van der Waals surface area contributed by atoms with Crippen LogP contribution in [0.5, 0.6) is 0 Å². The number of carboxylic acids is 1. The molecule has 2 rings (SSSR count). The van der Waals surface area contributed by atoms with Crippen LogP contribution in [0, 0.1) is 5.92 Å². The van der Waals surface area contributed by atoms with Gasteiger partial charge in [0.05, 0.1) is 5.92 Å². The van der Waals surface area contributed by atoms with Crippen molar-refractivity contribution in [1.29, 1.82) is 0 Å². The molecule has 2 aliphatic rings. The van der Waals surface area contributed by atoms with E-state index in [0.29, 0.717) is 0 Å². The summed E-state index contributed by atoms with van der Waals surface area (Å²) in [5.41, 5.74) is 0.224. The Morgan fingerprint density at radius 3 is 2.62 bits per heavy atom. The standard InChI is InChI=1S/C9H15NO2.ClH/c11-8(12)7-2-5-10-9(6-7)3-1-4-9;/h7,10H,1-6H2,(H,11,12);1H. The van der Waals surface area contributed by atoms with Crippen molar-refractivity contribution < 1.29 is 9.90 Å². The summed E-state index contributed by atoms with van der Waals surface area (Å²) in [7, 11) is 0. The fourth-order valence-electron chi connectivity index (χ4n) is 2.35. The third-order valence-electron chi connectivity index (χ3n) is 3.29. The van der Waals surface area contributed by atoms with Crippen LogP contribution in [0.3, 0.4) is 0 Å². The van der Waals surface area contributed by atoms with E-state index < -0.39 is 5.97 Å². The van der Waals surface area contributed by atoms with Gasteiger partial charge in [0.25, 0.3) is 0 Å². The molecule has 76 valence electrons. The summed E-state index contributed by atoms with van der Waals surface area (Å²) in [5, 5.41) is 12.3. The van der Waals surface area contributed by atoms with Crippen molar-refractivity contribution in [3.05, 3.63) is 0 Å². The molecule has 0 aromatic carbocycles. The molecule has 1 heterocycles. The van der Waals surface area contributed by atoms with Crippen molar-refractivity contribution in [2.75, 3.05) is 6.54 Å². The molecule has 0 bridgehead atoms. The fraction of sp³-hybridized carbons (Fsp3) is 0.889. The van der Waals surface area contributed by atoms with Gasteiger partial charge in [0, 0.05) is 5.54 Å². The number of piperidine rings is 1. The van der Waals surface area contributed by atoms with Crippen molar-refractivity contribution >= 4 is 18.4 Å². The Labute approximate surface area is 84.3 Å². The highest BCUT2D eigenvalue weighted by atomic mass is 35.5. The highest BCUT2D eigenvalue weighted by Gasteiger charge is 2.42. The van der Waals surface area contributed by atoms with Gasteiger partial charge in [0.2, 0.25) is 0 Å². The molecule has 13 heavy (non-hydrogen) atoms. The molecule has 1 aliphatic heterocycles. The first-order chi connectivity index (χ1) is 5.72. The molecular formula is C9H16ClNO2. The van der Waals surface area contributed by atoms with Gasteiger partial charge in [0.15, 0.2) is 0 Å². The molecule has 4 heteroatoms. The lowest BCUT2D eigenvalue weighted by Crippen LogP contribution is -2.56. The molecule has 1 saturated carbocycles. The zero-order chi connectivity index (χ0) is 8.60. The molecule has 1 spiro atoms. The summed E-state index contributed by atoms with van der Waals surface area (Å²) in [4.78, 5) is 10.8. The second-order valence-electron chi connectivity index (χ2n) is 4.09. The minimum atomic E-state index is -0.609. The van der Waals surface area contributed by atoms with E-state index in [1.54, 1.807) is 0 Å². The van der Waals surface area contributed by atoms with E-state index in [1.165, 1.54) is 19.3 Å². The van der Waals surface area contributed by atoms with E-state index in [1.807, 2.05) is 0 Å². The Kier molecular flexibility index (Phi) is 3.19. The molecular weight excluding hydrogens is 190 g/mol. The zero-order valence-electron chi connectivity index (χ0n) is 7.58. The Morgan fingerprint density at radius 1 is 1.46 bits per heavy atom. The first-order valence-electron chi connectivity index (χ1n) is 4.70. The molecule has 1 atom stereocenters. The normalized spacial score (nSPS) is 30.3. The van der Waals surface area contributed by atoms with Gasteiger partial charge < -0.3 is 10.4 Å². The number of halogens is 1. The molecule has 0 aromatic heterocycles. The van der Waals surface area contributed by atoms with Crippen LogP contribution in [0.1, 0.15) is 32.1 Å². The first kappa shape index (κ1) is 10.8. The van der Waals surface area contributed by atoms with Crippen LogP contribution < -0.4 is 5.32 Å². The van der Waals surface area contributed by atoms with Crippen LogP contribution >= 0.6 is 12.4 Å². The molecule has 1 unspecified atom stereocenters. The van der Waals surface area contributed by atoms with Crippen LogP contribution in [-0.2, 0) is 4.79 Å². The van der Waals surface area contributed by atoms with Crippen LogP contribution in [0.4, 0.5) is 0 Å². The summed E-state index contributed by atoms with van der Waals surface area (Å²) in [6.45, 7) is 0.886. The molecule has 0 radical (unpaired) electrons. The number of rotatable bonds is 1. The minimum Gasteiger partial charge on any atom is -0.481 e. The predicted molar refractivity (Wildman–Crippen MR) is 52.2 cm³/mol. The van der Waals surface area contributed by atoms with Crippen LogP contribution in [0.15, 0.2) is 0 Å². The van der Waals surface area contributed by atoms with Crippen LogP contribution in [0.2, 0.25) is 0 Å². The van der Waals surface area contributed by atoms with Crippen molar-refractivity contribution in [1.82, 2.24) is 5.32 Å². The van der Waals surface area contributed by atoms with Crippen molar-refractivity contribution in [2.45, 2.75) is 37.6 Å². The van der Waals surface area contributed by atoms with E-state index in [9.17, 15) is 4.79 Å². The molecule has 1 saturated heterocycles. The maximum absolute atomic E-state index is 10.8. The second-order valence-corrected chi connectivity index (χ2v) is 4.09. The lowest BCUT2D eigenvalue weighted by molar-refractivity contribution is -0.144. The number of nitrogens with one attached hydrogen (secondary N) is 1. The van der Waals surface area contributed by atoms with E-state index >= 15 is 0 Å². The minimum absolute atomic E-state index is 0. The maximum atomic E-state index is 10.8. The quantitative estimate of drug-likeness (QED) is 0.681. The summed E-state index contributed by atoms with van der Waals surface area (Å²) in [6.07, 6.45) is 5.27. The Bertz CT molecular complexity index is 204. The largest absolute Gasteiger partial charge is 0.481 e. The summed E-state index contributed by atoms with van der Waals surface area (Å²) in [6, 6.07) is 0. The van der Waals surface area contributed by atoms with Gasteiger partial charge in [-0.3, -0.25) is 4.79 Å². The lowest BCUT2D eigenvalue weighted by atomic mass is 9.68. The molecule has 2 fully saturated rings. The molecule has 2 N–H and O–H groups in total. The maximum Gasteiger partial charge on any atom is 0.306 e. The summed E-state index contributed by atoms with van der Waals surface area (Å²) in [5.74, 6) is -0.700. The van der Waals surface area contributed by atoms with Gasteiger partial charge >= 0.3 is 5.97 Å². The Balaban J connectivity index is 0.000000845. The summed E-state index contributed by atoms with van der Waals surface area (Å²) >= 11 is 0. The fourth-order valence-corrected chi connectivity index (χ4v) is 2.35. The topological polar surface area (TPSA) is 49.3 Å². The molecule has 0 aromatic rings. The van der Waals surface area contributed by atoms with Crippen molar-refractivity contribution in [3.8, 4) is 0 Å². The van der Waals surface area contributed by atoms with Crippen LogP contribution in [-0.4, -0.2) is 23.2 Å². The van der Waals surface area contributed by atoms with Crippen molar-refractivity contribution in [2.24, 2.45) is 5.92 Å². The molecule has 0 amide bonds. The zero-order valence-corrected chi connectivity index (χ0v) is 8.40. The predicted octanol–water partition coefficient (Wildman–Crippen LogP) is 1.42. The lowest BCUT2D eigenvalue weighted by Gasteiger charge is -2.47. The van der Waals surface area contributed by atoms with Gasteiger partial charge in [-0.25, -0.2) is 0 Å². The average molecular weight is 206 g/mol. The Hall–Kier alpha value is -0.280. The number of carbonyl (C=O) groups is 1. The highest BCUT2D eigenvalue weighted by molar-refractivity contribution is 5.85. The highest BCUT2D eigenvalue weighted by Crippen LogP contribution is 2.40. The number of hydrogen-bond acceptors (Lipinski definition) is 2. The molecule has 3 nitrogen and oxygen atoms in total. The van der Waals surface area contributed by atoms with Gasteiger partial charge in [-0.15, -0.1) is 12.4 Å². The van der Waals surface area contributed by atoms with Crippen molar-refractivity contribution in [3.63, 3.8) is 0 Å². The van der Waals surface area contributed by atoms with E-state index in [0.717, 1.165) is 19.4 Å². The van der Waals surface area contributed by atoms with Crippen LogP contribution in [0.25, 0.3) is 0 Å². The second kappa shape index (κ2) is 3.84. The average Bonchev–Trinajstić information content (AvgIpc) is 2.02. The number of hydrogen-bond donors (Lipinski definition) is 2.